The van der Waals surface area contributed by atoms with Crippen molar-refractivity contribution in [3.8, 4) is 0 Å². The number of nitrogens with zero attached hydrogens (tertiary/aromatic N) is 1. The van der Waals surface area contributed by atoms with E-state index < -0.39 is 10.5 Å². The first-order chi connectivity index (χ1) is 4.72. The lowest BCUT2D eigenvalue weighted by Crippen LogP contribution is -2.10. The molecule has 0 unspecified atom stereocenters. The summed E-state index contributed by atoms with van der Waals surface area (Å²) in [5.41, 5.74) is 0. The summed E-state index contributed by atoms with van der Waals surface area (Å²) in [6.45, 7) is 7.50. The van der Waals surface area contributed by atoms with Crippen LogP contribution in [-0.2, 0) is 10.5 Å². The maximum absolute atomic E-state index is 10.3. The van der Waals surface area contributed by atoms with E-state index in [4.69, 9.17) is 0 Å². The minimum Gasteiger partial charge on any atom is -0.122 e. The van der Waals surface area contributed by atoms with Crippen LogP contribution in [0.4, 0.5) is 0 Å². The molecule has 10 heavy (non-hydrogen) atoms. The van der Waals surface area contributed by atoms with Crippen molar-refractivity contribution >= 4 is 10.5 Å². The molecule has 0 aromatic rings. The van der Waals surface area contributed by atoms with E-state index in [9.17, 15) is 8.42 Å². The fourth-order valence-electron chi connectivity index (χ4n) is 0.484. The van der Waals surface area contributed by atoms with Crippen molar-refractivity contribution in [1.82, 2.24) is 0 Å². The number of hydrogen-bond donors (Lipinski definition) is 0. The molecule has 0 spiro atoms. The van der Waals surface area contributed by atoms with Crippen LogP contribution in [0.25, 0.3) is 0 Å². The monoisotopic (exact) mass is 160 g/mol. The van der Waals surface area contributed by atoms with E-state index in [-0.39, 0.29) is 0 Å². The topological polar surface area (TPSA) is 37.1 Å². The zero-order chi connectivity index (χ0) is 7.98. The molecule has 4 heteroatoms. The van der Waals surface area contributed by atoms with Gasteiger partial charge in [0.2, 0.25) is 0 Å². The Bertz CT molecular complexity index is 231. The van der Waals surface area contributed by atoms with Crippen LogP contribution in [0.5, 0.6) is 0 Å². The molecule has 0 bridgehead atoms. The van der Waals surface area contributed by atoms with E-state index in [1.807, 2.05) is 0 Å². The molecule has 56 valence electrons. The first kappa shape index (κ1) is 9.10. The molecule has 0 aliphatic rings. The normalized spacial score (nSPS) is 8.40. The maximum Gasteiger partial charge on any atom is 0.459 e. The standard InChI is InChI=1S/C6H10NO2S/c1-3-5-7(6-4-2)10(8)9/h3-4H,1-2,5-6H2/q+1. The Morgan fingerprint density at radius 2 is 1.60 bits per heavy atom. The minimum atomic E-state index is -2.16. The Labute approximate surface area is 62.0 Å². The molecule has 0 saturated heterocycles. The van der Waals surface area contributed by atoms with Gasteiger partial charge in [0.1, 0.15) is 0 Å². The van der Waals surface area contributed by atoms with Gasteiger partial charge in [-0.05, 0) is 12.2 Å². The maximum atomic E-state index is 10.3. The second kappa shape index (κ2) is 4.93. The number of hydrogen-bond acceptors (Lipinski definition) is 2. The molecule has 0 N–H and O–H groups in total. The predicted octanol–water partition coefficient (Wildman–Crippen LogP) is 0.434. The molecule has 0 heterocycles. The van der Waals surface area contributed by atoms with E-state index in [1.54, 1.807) is 0 Å². The van der Waals surface area contributed by atoms with Gasteiger partial charge in [-0.3, -0.25) is 0 Å². The lowest BCUT2D eigenvalue weighted by molar-refractivity contribution is -0.482. The summed E-state index contributed by atoms with van der Waals surface area (Å²) in [6.07, 6.45) is 3.05. The predicted molar refractivity (Wildman–Crippen MR) is 39.3 cm³/mol. The van der Waals surface area contributed by atoms with Gasteiger partial charge in [-0.25, -0.2) is 0 Å². The molecule has 0 rings (SSSR count). The van der Waals surface area contributed by atoms with Crippen LogP contribution >= 0.6 is 0 Å². The fourth-order valence-corrected chi connectivity index (χ4v) is 0.938. The van der Waals surface area contributed by atoms with E-state index in [2.05, 4.69) is 13.2 Å². The lowest BCUT2D eigenvalue weighted by Gasteiger charge is -1.85. The Kier molecular flexibility index (Phi) is 4.49. The zero-order valence-corrected chi connectivity index (χ0v) is 6.47. The molecule has 0 amide bonds. The second-order valence-electron chi connectivity index (χ2n) is 1.64. The van der Waals surface area contributed by atoms with Gasteiger partial charge in [-0.1, -0.05) is 13.2 Å². The van der Waals surface area contributed by atoms with Crippen molar-refractivity contribution in [3.63, 3.8) is 0 Å². The Morgan fingerprint density at radius 3 is 1.80 bits per heavy atom. The van der Waals surface area contributed by atoms with Gasteiger partial charge < -0.3 is 0 Å². The second-order valence-corrected chi connectivity index (χ2v) is 2.59. The average molecular weight is 160 g/mol. The summed E-state index contributed by atoms with van der Waals surface area (Å²) in [7, 11) is -2.16. The van der Waals surface area contributed by atoms with Gasteiger partial charge in [0.15, 0.2) is 13.1 Å². The Morgan fingerprint density at radius 1 is 1.20 bits per heavy atom. The summed E-state index contributed by atoms with van der Waals surface area (Å²) in [4.78, 5) is 0. The van der Waals surface area contributed by atoms with Crippen molar-refractivity contribution in [1.29, 1.82) is 0 Å². The molecular formula is C6H10NO2S+. The van der Waals surface area contributed by atoms with E-state index in [0.29, 0.717) is 13.1 Å². The molecule has 0 atom stereocenters. The molecule has 0 saturated carbocycles. The highest BCUT2D eigenvalue weighted by atomic mass is 32.2. The highest BCUT2D eigenvalue weighted by Gasteiger charge is 1.99. The van der Waals surface area contributed by atoms with Gasteiger partial charge in [-0.15, -0.1) is 12.4 Å². The number of rotatable bonds is 4. The van der Waals surface area contributed by atoms with Crippen molar-refractivity contribution in [3.05, 3.63) is 25.3 Å². The molecule has 0 aromatic carbocycles. The molecule has 0 aliphatic carbocycles. The Hall–Kier alpha value is -0.900. The largest absolute Gasteiger partial charge is 0.459 e. The van der Waals surface area contributed by atoms with Crippen LogP contribution in [-0.4, -0.2) is 25.5 Å². The van der Waals surface area contributed by atoms with Crippen molar-refractivity contribution in [2.24, 2.45) is 0 Å². The van der Waals surface area contributed by atoms with E-state index in [0.717, 1.165) is 0 Å². The van der Waals surface area contributed by atoms with Gasteiger partial charge in [-0.2, -0.15) is 0 Å². The molecule has 0 radical (unpaired) electrons. The molecule has 0 aromatic heterocycles. The quantitative estimate of drug-likeness (QED) is 0.442. The summed E-state index contributed by atoms with van der Waals surface area (Å²) >= 11 is 0. The van der Waals surface area contributed by atoms with Crippen molar-refractivity contribution < 1.29 is 12.4 Å². The van der Waals surface area contributed by atoms with E-state index >= 15 is 0 Å². The highest BCUT2D eigenvalue weighted by Crippen LogP contribution is 1.76. The smallest absolute Gasteiger partial charge is 0.122 e. The van der Waals surface area contributed by atoms with E-state index in [1.165, 1.54) is 16.1 Å². The molecule has 3 nitrogen and oxygen atoms in total. The van der Waals surface area contributed by atoms with Gasteiger partial charge in [0, 0.05) is 0 Å². The highest BCUT2D eigenvalue weighted by molar-refractivity contribution is 7.58. The van der Waals surface area contributed by atoms with Crippen molar-refractivity contribution in [2.75, 3.05) is 13.1 Å². The molecular weight excluding hydrogens is 150 g/mol. The first-order valence-electron chi connectivity index (χ1n) is 2.78. The SMILES string of the molecule is C=CC[N+](CC=C)=S(=O)=O. The zero-order valence-electron chi connectivity index (χ0n) is 5.66. The van der Waals surface area contributed by atoms with Gasteiger partial charge >= 0.3 is 10.5 Å². The van der Waals surface area contributed by atoms with Crippen LogP contribution in [0.15, 0.2) is 25.3 Å². The fraction of sp³-hybridized carbons (Fsp3) is 0.333. The van der Waals surface area contributed by atoms with Crippen LogP contribution in [0, 0.1) is 0 Å². The van der Waals surface area contributed by atoms with Crippen LogP contribution in [0.3, 0.4) is 0 Å². The minimum absolute atomic E-state index is 0.335. The summed E-state index contributed by atoms with van der Waals surface area (Å²) in [5.74, 6) is 0. The summed E-state index contributed by atoms with van der Waals surface area (Å²) in [6, 6.07) is 0. The lowest BCUT2D eigenvalue weighted by atomic mass is 10.5. The summed E-state index contributed by atoms with van der Waals surface area (Å²) < 4.78 is 21.8. The molecule has 0 fully saturated rings. The average Bonchev–Trinajstić information content (AvgIpc) is 1.87. The third-order valence-electron chi connectivity index (χ3n) is 0.876. The van der Waals surface area contributed by atoms with Crippen molar-refractivity contribution in [2.45, 2.75) is 0 Å². The molecule has 0 aliphatic heterocycles. The third-order valence-corrected chi connectivity index (χ3v) is 1.60. The first-order valence-corrected chi connectivity index (χ1v) is 3.81. The van der Waals surface area contributed by atoms with Crippen LogP contribution in [0.1, 0.15) is 0 Å². The Balaban J connectivity index is 4.42. The van der Waals surface area contributed by atoms with Crippen LogP contribution in [0.2, 0.25) is 0 Å². The van der Waals surface area contributed by atoms with Crippen LogP contribution < -0.4 is 0 Å². The summed E-state index contributed by atoms with van der Waals surface area (Å²) in [5, 5.41) is 0. The van der Waals surface area contributed by atoms with Gasteiger partial charge in [0.25, 0.3) is 0 Å². The van der Waals surface area contributed by atoms with Gasteiger partial charge in [0.05, 0.1) is 0 Å². The third kappa shape index (κ3) is 3.19.